The van der Waals surface area contributed by atoms with Gasteiger partial charge in [0, 0.05) is 64.2 Å². The molecule has 0 saturated carbocycles. The van der Waals surface area contributed by atoms with Crippen molar-refractivity contribution in [2.24, 2.45) is 29.1 Å². The van der Waals surface area contributed by atoms with E-state index in [2.05, 4.69) is 45.4 Å². The number of amides is 7. The van der Waals surface area contributed by atoms with Gasteiger partial charge in [0.15, 0.2) is 0 Å². The topological polar surface area (TPSA) is 283 Å². The number of nitrogens with zero attached hydrogens (tertiary/aromatic N) is 1. The SMILES string of the molecule is CC(CNC(=O)CC(C)(C)OCC(C)CC(=O)NCC(C)OCC(C)(C)CC(=O)NCCCC[C@H](NC(=O)CCCN1C(=O)C(C)C(C2C=CC(C)O2)C1=O)C(=O)NCCCC(=O)OCCS(C)(C)C)COC(C)CC(=O)O. The Morgan fingerprint density at radius 3 is 2.05 bits per heavy atom. The van der Waals surface area contributed by atoms with Gasteiger partial charge in [0.05, 0.1) is 81.1 Å². The zero-order chi connectivity index (χ0) is 58.8. The summed E-state index contributed by atoms with van der Waals surface area (Å²) >= 11 is 0. The van der Waals surface area contributed by atoms with E-state index in [0.29, 0.717) is 45.6 Å². The molecule has 0 aromatic carbocycles. The largest absolute Gasteiger partial charge is 0.481 e. The number of carbonyl (C=O) groups is 9. The number of nitrogens with one attached hydrogen (secondary N) is 5. The molecule has 2 heterocycles. The number of carboxylic acid groups (broad SMARTS) is 1. The fourth-order valence-electron chi connectivity index (χ4n) is 8.56. The summed E-state index contributed by atoms with van der Waals surface area (Å²) in [5.74, 6) is -3.75. The fourth-order valence-corrected chi connectivity index (χ4v) is 9.15. The summed E-state index contributed by atoms with van der Waals surface area (Å²) in [5, 5.41) is 23.3. The Kier molecular flexibility index (Phi) is 30.7. The van der Waals surface area contributed by atoms with E-state index in [1.807, 2.05) is 67.5 Å². The van der Waals surface area contributed by atoms with Gasteiger partial charge < -0.3 is 55.4 Å². The minimum atomic E-state index is -0.929. The third kappa shape index (κ3) is 29.5. The molecule has 0 bridgehead atoms. The molecule has 8 unspecified atom stereocenters. The summed E-state index contributed by atoms with van der Waals surface area (Å²) in [4.78, 5) is 116. The van der Waals surface area contributed by atoms with Gasteiger partial charge in [-0.1, -0.05) is 46.8 Å². The van der Waals surface area contributed by atoms with Crippen LogP contribution >= 0.6 is 10.0 Å². The monoisotopic (exact) mass is 1130 g/mol. The summed E-state index contributed by atoms with van der Waals surface area (Å²) in [6, 6.07) is -0.898. The molecule has 7 amide bonds. The molecule has 448 valence electrons. The van der Waals surface area contributed by atoms with E-state index >= 15 is 0 Å². The molecule has 9 atom stereocenters. The number of carboxylic acids is 1. The van der Waals surface area contributed by atoms with Crippen molar-refractivity contribution in [1.82, 2.24) is 31.5 Å². The summed E-state index contributed by atoms with van der Waals surface area (Å²) in [7, 11) is -0.804. The van der Waals surface area contributed by atoms with Gasteiger partial charge in [-0.2, -0.15) is 0 Å². The molecule has 0 spiro atoms. The van der Waals surface area contributed by atoms with E-state index < -0.39 is 68.9 Å². The Labute approximate surface area is 465 Å². The highest BCUT2D eigenvalue weighted by atomic mass is 32.3. The molecule has 2 aliphatic heterocycles. The van der Waals surface area contributed by atoms with E-state index in [1.165, 1.54) is 4.90 Å². The van der Waals surface area contributed by atoms with E-state index in [9.17, 15) is 43.2 Å². The predicted octanol–water partition coefficient (Wildman–Crippen LogP) is 4.42. The Morgan fingerprint density at radius 2 is 1.40 bits per heavy atom. The number of rotatable bonds is 40. The molecule has 2 rings (SSSR count). The number of hydrogen-bond acceptors (Lipinski definition) is 14. The van der Waals surface area contributed by atoms with Gasteiger partial charge in [-0.3, -0.25) is 48.1 Å². The van der Waals surface area contributed by atoms with Crippen LogP contribution in [0.2, 0.25) is 0 Å². The molecule has 2 aliphatic rings. The van der Waals surface area contributed by atoms with Crippen LogP contribution in [-0.4, -0.2) is 183 Å². The lowest BCUT2D eigenvalue weighted by molar-refractivity contribution is -0.143. The van der Waals surface area contributed by atoms with Crippen LogP contribution in [-0.2, 0) is 66.8 Å². The minimum Gasteiger partial charge on any atom is -0.481 e. The lowest BCUT2D eigenvalue weighted by Gasteiger charge is -2.27. The standard InChI is InChI=1S/C56H98N6O15S/c1-37(35-76-56(9,10)31-48(66)59-32-38(2)34-74-40(4)29-49(67)68)28-46(64)60-33-41(5)75-36-55(7,8)30-47(65)57-23-15-14-18-43(52(70)58-24-16-20-50(69)73-26-27-78(11,12)13)61-45(63)19-17-25-62-53(71)42(6)51(54(62)72)44-22-21-39(3)77-44/h21-22,37-44,51H,14-20,23-36H2,1-13H3,(H,57,65)(H,58,70)(H,59,66)(H,60,64)(H,61,63)(H,67,68)/t37?,38?,39?,40?,41?,42?,43-,44?,51?/m0/s1. The average Bonchev–Trinajstić information content (AvgIpc) is 3.85. The van der Waals surface area contributed by atoms with E-state index in [0.717, 1.165) is 5.75 Å². The minimum absolute atomic E-state index is 0.00845. The van der Waals surface area contributed by atoms with Gasteiger partial charge >= 0.3 is 11.9 Å². The van der Waals surface area contributed by atoms with Crippen molar-refractivity contribution in [3.63, 3.8) is 0 Å². The van der Waals surface area contributed by atoms with E-state index in [1.54, 1.807) is 13.8 Å². The predicted molar refractivity (Wildman–Crippen MR) is 299 cm³/mol. The number of unbranched alkanes of at least 4 members (excludes halogenated alkanes) is 1. The third-order valence-corrected chi connectivity index (χ3v) is 14.6. The molecule has 22 heteroatoms. The average molecular weight is 1130 g/mol. The first-order valence-corrected chi connectivity index (χ1v) is 30.9. The second-order valence-electron chi connectivity index (χ2n) is 23.8. The molecule has 0 aromatic heterocycles. The van der Waals surface area contributed by atoms with E-state index in [4.69, 9.17) is 28.8 Å². The highest BCUT2D eigenvalue weighted by molar-refractivity contribution is 8.32. The van der Waals surface area contributed by atoms with Crippen molar-refractivity contribution in [3.05, 3.63) is 12.2 Å². The lowest BCUT2D eigenvalue weighted by atomic mass is 9.90. The van der Waals surface area contributed by atoms with Crippen molar-refractivity contribution in [2.75, 3.05) is 83.7 Å². The maximum Gasteiger partial charge on any atom is 0.305 e. The number of hydrogen-bond donors (Lipinski definition) is 6. The second-order valence-corrected chi connectivity index (χ2v) is 28.4. The molecular formula is C56H98N6O15S. The van der Waals surface area contributed by atoms with Crippen molar-refractivity contribution >= 4 is 63.3 Å². The molecule has 1 saturated heterocycles. The van der Waals surface area contributed by atoms with Crippen LogP contribution < -0.4 is 26.6 Å². The fraction of sp³-hybridized carbons (Fsp3) is 0.804. The van der Waals surface area contributed by atoms with Gasteiger partial charge in [0.1, 0.15) is 6.04 Å². The number of imide groups is 1. The van der Waals surface area contributed by atoms with Crippen molar-refractivity contribution in [2.45, 2.75) is 176 Å². The van der Waals surface area contributed by atoms with Crippen LogP contribution in [0.15, 0.2) is 12.2 Å². The zero-order valence-corrected chi connectivity index (χ0v) is 50.0. The zero-order valence-electron chi connectivity index (χ0n) is 49.2. The summed E-state index contributed by atoms with van der Waals surface area (Å²) in [6.07, 6.45) is 11.1. The van der Waals surface area contributed by atoms with Crippen LogP contribution in [0.1, 0.15) is 140 Å². The Balaban J connectivity index is 1.76. The van der Waals surface area contributed by atoms with Gasteiger partial charge in [-0.15, -0.1) is 0 Å². The van der Waals surface area contributed by atoms with Crippen LogP contribution in [0.5, 0.6) is 0 Å². The first-order chi connectivity index (χ1) is 36.4. The highest BCUT2D eigenvalue weighted by Crippen LogP contribution is 2.34. The highest BCUT2D eigenvalue weighted by Gasteiger charge is 2.49. The van der Waals surface area contributed by atoms with Crippen LogP contribution in [0.25, 0.3) is 0 Å². The Bertz CT molecular complexity index is 2000. The molecule has 6 N–H and O–H groups in total. The number of carbonyl (C=O) groups excluding carboxylic acids is 8. The second kappa shape index (κ2) is 34.5. The van der Waals surface area contributed by atoms with Crippen LogP contribution in [0, 0.1) is 29.1 Å². The van der Waals surface area contributed by atoms with Gasteiger partial charge in [0.25, 0.3) is 0 Å². The number of aliphatic carboxylic acids is 1. The van der Waals surface area contributed by atoms with Gasteiger partial charge in [0.2, 0.25) is 41.4 Å². The van der Waals surface area contributed by atoms with Crippen LogP contribution in [0.3, 0.4) is 0 Å². The number of likely N-dealkylation sites (tertiary alicyclic amines) is 1. The molecule has 0 radical (unpaired) electrons. The maximum absolute atomic E-state index is 13.4. The summed E-state index contributed by atoms with van der Waals surface area (Å²) in [6.45, 7) is 20.8. The van der Waals surface area contributed by atoms with Gasteiger partial charge in [-0.25, -0.2) is 10.0 Å². The first kappa shape index (κ1) is 69.5. The normalized spacial score (nSPS) is 19.8. The Morgan fingerprint density at radius 1 is 0.731 bits per heavy atom. The Hall–Kier alpha value is -4.64. The summed E-state index contributed by atoms with van der Waals surface area (Å²) in [5.41, 5.74) is -1.30. The molecule has 0 aromatic rings. The van der Waals surface area contributed by atoms with Gasteiger partial charge in [-0.05, 0) is 103 Å². The summed E-state index contributed by atoms with van der Waals surface area (Å²) < 4.78 is 28.8. The molecular weight excluding hydrogens is 1030 g/mol. The third-order valence-electron chi connectivity index (χ3n) is 13.2. The van der Waals surface area contributed by atoms with E-state index in [-0.39, 0.29) is 144 Å². The smallest absolute Gasteiger partial charge is 0.305 e. The van der Waals surface area contributed by atoms with Crippen molar-refractivity contribution < 1.29 is 71.9 Å². The van der Waals surface area contributed by atoms with Crippen molar-refractivity contribution in [1.29, 1.82) is 0 Å². The van der Waals surface area contributed by atoms with Crippen LogP contribution in [0.4, 0.5) is 0 Å². The maximum atomic E-state index is 13.4. The molecule has 1 fully saturated rings. The number of esters is 1. The molecule has 0 aliphatic carbocycles. The molecule has 78 heavy (non-hydrogen) atoms. The molecule has 21 nitrogen and oxygen atoms in total. The van der Waals surface area contributed by atoms with Crippen molar-refractivity contribution in [3.8, 4) is 0 Å². The lowest BCUT2D eigenvalue weighted by Crippen LogP contribution is -2.47. The number of ether oxygens (including phenoxy) is 5. The quantitative estimate of drug-likeness (QED) is 0.0214. The first-order valence-electron chi connectivity index (χ1n) is 27.8.